The molecule has 1 saturated carbocycles. The first kappa shape index (κ1) is 18.0. The number of carbonyl (C=O) groups excluding carboxylic acids is 2. The average Bonchev–Trinajstić information content (AvgIpc) is 3.47. The van der Waals surface area contributed by atoms with E-state index in [2.05, 4.69) is 26.8 Å². The number of amides is 2. The summed E-state index contributed by atoms with van der Waals surface area (Å²) >= 11 is 3.38. The summed E-state index contributed by atoms with van der Waals surface area (Å²) in [5.41, 5.74) is 5.73. The Bertz CT molecular complexity index is 853. The van der Waals surface area contributed by atoms with Gasteiger partial charge >= 0.3 is 0 Å². The van der Waals surface area contributed by atoms with Crippen LogP contribution in [0, 0.1) is 11.3 Å². The van der Waals surface area contributed by atoms with Gasteiger partial charge in [0.25, 0.3) is 5.91 Å². The van der Waals surface area contributed by atoms with E-state index in [1.807, 2.05) is 30.3 Å². The van der Waals surface area contributed by atoms with Crippen LogP contribution in [-0.4, -0.2) is 18.4 Å². The van der Waals surface area contributed by atoms with Crippen molar-refractivity contribution in [1.82, 2.24) is 10.9 Å². The van der Waals surface area contributed by atoms with Gasteiger partial charge in [-0.3, -0.25) is 20.4 Å². The quantitative estimate of drug-likeness (QED) is 0.736. The second-order valence-electron chi connectivity index (χ2n) is 6.02. The SMILES string of the molecule is N#Cc1ccc(OCC(=O)NNC(=O)C2(c3ccc(Br)cc3)CC2)cc1. The Morgan fingerprint density at radius 2 is 1.73 bits per heavy atom. The topological polar surface area (TPSA) is 91.2 Å². The van der Waals surface area contributed by atoms with Gasteiger partial charge in [0.1, 0.15) is 5.75 Å². The molecule has 2 amide bonds. The zero-order valence-electron chi connectivity index (χ0n) is 13.8. The lowest BCUT2D eigenvalue weighted by molar-refractivity contribution is -0.131. The zero-order valence-corrected chi connectivity index (χ0v) is 15.4. The van der Waals surface area contributed by atoms with Crippen molar-refractivity contribution in [2.75, 3.05) is 6.61 Å². The Hall–Kier alpha value is -2.85. The largest absolute Gasteiger partial charge is 0.484 e. The summed E-state index contributed by atoms with van der Waals surface area (Å²) in [6, 6.07) is 16.0. The minimum atomic E-state index is -0.567. The number of rotatable bonds is 5. The molecule has 0 atom stereocenters. The van der Waals surface area contributed by atoms with Crippen molar-refractivity contribution in [3.63, 3.8) is 0 Å². The van der Waals surface area contributed by atoms with Crippen molar-refractivity contribution in [3.8, 4) is 11.8 Å². The molecular weight excluding hydrogens is 398 g/mol. The molecule has 2 aromatic carbocycles. The molecule has 0 aromatic heterocycles. The van der Waals surface area contributed by atoms with E-state index in [1.54, 1.807) is 24.3 Å². The second kappa shape index (κ2) is 7.58. The Balaban J connectivity index is 1.49. The van der Waals surface area contributed by atoms with Crippen LogP contribution in [0.3, 0.4) is 0 Å². The number of hydrogen-bond donors (Lipinski definition) is 2. The van der Waals surface area contributed by atoms with Crippen LogP contribution < -0.4 is 15.6 Å². The molecule has 0 aliphatic heterocycles. The number of halogens is 1. The molecular formula is C19H16BrN3O3. The van der Waals surface area contributed by atoms with E-state index in [9.17, 15) is 9.59 Å². The van der Waals surface area contributed by atoms with Gasteiger partial charge in [-0.1, -0.05) is 28.1 Å². The van der Waals surface area contributed by atoms with Gasteiger partial charge in [0.2, 0.25) is 5.91 Å². The molecule has 0 saturated heterocycles. The number of carbonyl (C=O) groups is 2. The van der Waals surface area contributed by atoms with E-state index in [1.165, 1.54) is 0 Å². The Labute approximate surface area is 159 Å². The van der Waals surface area contributed by atoms with Crippen molar-refractivity contribution in [1.29, 1.82) is 5.26 Å². The molecule has 3 rings (SSSR count). The standard InChI is InChI=1S/C19H16BrN3O3/c20-15-5-3-14(4-6-15)19(9-10-19)18(25)23-22-17(24)12-26-16-7-1-13(11-21)2-8-16/h1-8H,9-10,12H2,(H,22,24)(H,23,25). The number of hydrogen-bond acceptors (Lipinski definition) is 4. The molecule has 6 nitrogen and oxygen atoms in total. The van der Waals surface area contributed by atoms with Crippen molar-refractivity contribution >= 4 is 27.7 Å². The fourth-order valence-corrected chi connectivity index (χ4v) is 2.86. The van der Waals surface area contributed by atoms with Gasteiger partial charge in [-0.2, -0.15) is 5.26 Å². The van der Waals surface area contributed by atoms with Crippen LogP contribution in [0.1, 0.15) is 24.0 Å². The molecule has 1 aliphatic carbocycles. The molecule has 0 spiro atoms. The molecule has 0 heterocycles. The fourth-order valence-electron chi connectivity index (χ4n) is 2.60. The summed E-state index contributed by atoms with van der Waals surface area (Å²) in [6.45, 7) is -0.239. The van der Waals surface area contributed by atoms with Gasteiger partial charge in [-0.05, 0) is 54.8 Å². The molecule has 132 valence electrons. The Morgan fingerprint density at radius 1 is 1.08 bits per heavy atom. The van der Waals surface area contributed by atoms with Crippen LogP contribution in [0.15, 0.2) is 53.0 Å². The van der Waals surface area contributed by atoms with Crippen LogP contribution >= 0.6 is 15.9 Å². The summed E-state index contributed by atoms with van der Waals surface area (Å²) in [4.78, 5) is 24.3. The third-order valence-electron chi connectivity index (χ3n) is 4.25. The van der Waals surface area contributed by atoms with Gasteiger partial charge in [0.15, 0.2) is 6.61 Å². The molecule has 1 fully saturated rings. The number of nitriles is 1. The number of benzene rings is 2. The maximum Gasteiger partial charge on any atom is 0.276 e. The highest BCUT2D eigenvalue weighted by Gasteiger charge is 2.51. The maximum atomic E-state index is 12.5. The van der Waals surface area contributed by atoms with Crippen LogP contribution in [0.5, 0.6) is 5.75 Å². The monoisotopic (exact) mass is 413 g/mol. The summed E-state index contributed by atoms with van der Waals surface area (Å²) in [5.74, 6) is -0.222. The van der Waals surface area contributed by atoms with Crippen LogP contribution in [0.25, 0.3) is 0 Å². The van der Waals surface area contributed by atoms with Crippen molar-refractivity contribution < 1.29 is 14.3 Å². The summed E-state index contributed by atoms with van der Waals surface area (Å²) in [5, 5.41) is 8.74. The summed E-state index contributed by atoms with van der Waals surface area (Å²) in [6.07, 6.45) is 1.50. The molecule has 0 bridgehead atoms. The first-order valence-corrected chi connectivity index (χ1v) is 8.81. The predicted molar refractivity (Wildman–Crippen MR) is 98.0 cm³/mol. The minimum Gasteiger partial charge on any atom is -0.484 e. The van der Waals surface area contributed by atoms with Crippen molar-refractivity contribution in [3.05, 3.63) is 64.1 Å². The molecule has 7 heteroatoms. The number of nitrogens with zero attached hydrogens (tertiary/aromatic N) is 1. The highest BCUT2D eigenvalue weighted by atomic mass is 79.9. The van der Waals surface area contributed by atoms with E-state index >= 15 is 0 Å². The van der Waals surface area contributed by atoms with Crippen LogP contribution in [-0.2, 0) is 15.0 Å². The van der Waals surface area contributed by atoms with Gasteiger partial charge in [-0.15, -0.1) is 0 Å². The van der Waals surface area contributed by atoms with Gasteiger partial charge in [0.05, 0.1) is 17.0 Å². The predicted octanol–water partition coefficient (Wildman–Crippen LogP) is 2.58. The second-order valence-corrected chi connectivity index (χ2v) is 6.93. The lowest BCUT2D eigenvalue weighted by Crippen LogP contribution is -2.48. The smallest absolute Gasteiger partial charge is 0.276 e. The lowest BCUT2D eigenvalue weighted by Gasteiger charge is -2.16. The van der Waals surface area contributed by atoms with Gasteiger partial charge < -0.3 is 4.74 Å². The first-order chi connectivity index (χ1) is 12.5. The molecule has 26 heavy (non-hydrogen) atoms. The number of ether oxygens (including phenoxy) is 1. The van der Waals surface area contributed by atoms with Crippen molar-refractivity contribution in [2.45, 2.75) is 18.3 Å². The minimum absolute atomic E-state index is 0.230. The fraction of sp³-hybridized carbons (Fsp3) is 0.211. The molecule has 2 aromatic rings. The van der Waals surface area contributed by atoms with Gasteiger partial charge in [-0.25, -0.2) is 0 Å². The summed E-state index contributed by atoms with van der Waals surface area (Å²) in [7, 11) is 0. The Morgan fingerprint density at radius 3 is 2.31 bits per heavy atom. The highest BCUT2D eigenvalue weighted by Crippen LogP contribution is 2.48. The molecule has 0 unspecified atom stereocenters. The zero-order chi connectivity index (χ0) is 18.6. The summed E-state index contributed by atoms with van der Waals surface area (Å²) < 4.78 is 6.27. The molecule has 2 N–H and O–H groups in total. The van der Waals surface area contributed by atoms with E-state index in [0.717, 1.165) is 22.9 Å². The first-order valence-electron chi connectivity index (χ1n) is 8.02. The van der Waals surface area contributed by atoms with E-state index in [0.29, 0.717) is 11.3 Å². The Kier molecular flexibility index (Phi) is 5.24. The normalized spacial score (nSPS) is 14.0. The molecule has 1 aliphatic rings. The molecule has 0 radical (unpaired) electrons. The maximum absolute atomic E-state index is 12.5. The van der Waals surface area contributed by atoms with Crippen LogP contribution in [0.4, 0.5) is 0 Å². The van der Waals surface area contributed by atoms with E-state index in [4.69, 9.17) is 10.00 Å². The van der Waals surface area contributed by atoms with Crippen molar-refractivity contribution in [2.24, 2.45) is 0 Å². The lowest BCUT2D eigenvalue weighted by atomic mass is 9.95. The highest BCUT2D eigenvalue weighted by molar-refractivity contribution is 9.10. The van der Waals surface area contributed by atoms with E-state index < -0.39 is 11.3 Å². The average molecular weight is 414 g/mol. The third kappa shape index (κ3) is 4.03. The number of nitrogens with one attached hydrogen (secondary N) is 2. The third-order valence-corrected chi connectivity index (χ3v) is 4.78. The van der Waals surface area contributed by atoms with E-state index in [-0.39, 0.29) is 12.5 Å². The number of hydrazine groups is 1. The van der Waals surface area contributed by atoms with Crippen LogP contribution in [0.2, 0.25) is 0 Å². The van der Waals surface area contributed by atoms with Gasteiger partial charge in [0, 0.05) is 4.47 Å².